The number of nitrogens with one attached hydrogen (secondary N) is 1. The van der Waals surface area contributed by atoms with E-state index < -0.39 is 35.4 Å². The Balaban J connectivity index is 2.32. The Bertz CT molecular complexity index is 925. The van der Waals surface area contributed by atoms with Gasteiger partial charge in [-0.1, -0.05) is 6.92 Å². The zero-order valence-corrected chi connectivity index (χ0v) is 19.0. The minimum absolute atomic E-state index is 0.0684. The van der Waals surface area contributed by atoms with Crippen LogP contribution in [0.15, 0.2) is 12.1 Å². The summed E-state index contributed by atoms with van der Waals surface area (Å²) in [5, 5.41) is 10.4. The minimum Gasteiger partial charge on any atom is -0.507 e. The van der Waals surface area contributed by atoms with Gasteiger partial charge in [0, 0.05) is 25.3 Å². The van der Waals surface area contributed by atoms with Gasteiger partial charge in [-0.15, -0.1) is 5.48 Å². The Labute approximate surface area is 191 Å². The second kappa shape index (κ2) is 12.1. The van der Waals surface area contributed by atoms with Crippen LogP contribution in [0.4, 0.5) is 0 Å². The molecule has 0 bridgehead atoms. The molecule has 10 nitrogen and oxygen atoms in total. The molecule has 0 aliphatic carbocycles. The lowest BCUT2D eigenvalue weighted by molar-refractivity contribution is -0.148. The van der Waals surface area contributed by atoms with Gasteiger partial charge in [0.2, 0.25) is 11.6 Å². The first-order chi connectivity index (χ1) is 15.6. The van der Waals surface area contributed by atoms with Gasteiger partial charge in [0.1, 0.15) is 29.8 Å². The molecular weight excluding hydrogens is 434 g/mol. The van der Waals surface area contributed by atoms with Gasteiger partial charge in [-0.2, -0.15) is 0 Å². The summed E-state index contributed by atoms with van der Waals surface area (Å²) in [5.41, 5.74) is 2.66. The van der Waals surface area contributed by atoms with E-state index in [4.69, 9.17) is 9.47 Å². The predicted molar refractivity (Wildman–Crippen MR) is 115 cm³/mol. The Morgan fingerprint density at radius 1 is 1.12 bits per heavy atom. The van der Waals surface area contributed by atoms with E-state index >= 15 is 0 Å². The Morgan fingerprint density at radius 2 is 1.82 bits per heavy atom. The molecule has 0 radical (unpaired) electrons. The maximum Gasteiger partial charge on any atom is 0.342 e. The highest BCUT2D eigenvalue weighted by Gasteiger charge is 2.28. The highest BCUT2D eigenvalue weighted by atomic mass is 16.7. The van der Waals surface area contributed by atoms with Gasteiger partial charge in [0.25, 0.3) is 5.78 Å². The molecule has 33 heavy (non-hydrogen) atoms. The number of rotatable bonds is 5. The Hall–Kier alpha value is -3.27. The molecule has 0 saturated carbocycles. The molecule has 2 rings (SSSR count). The van der Waals surface area contributed by atoms with E-state index in [0.717, 1.165) is 0 Å². The molecular formula is C23H29NO9. The standard InChI is InChI=1S/C23H29NO9/c1-13-7-8-19(28)22(29)18(27)6-4-5-16-20(31-12-11-24-33-15(3)25)10-9-17(26)21(16)23(30)32-14(13)2/h9-10,13-14,24,26H,4-8,11-12H2,1-3H3/t13-,14+/m1/s1. The van der Waals surface area contributed by atoms with E-state index in [1.54, 1.807) is 13.8 Å². The monoisotopic (exact) mass is 463 g/mol. The van der Waals surface area contributed by atoms with Gasteiger partial charge < -0.3 is 19.4 Å². The highest BCUT2D eigenvalue weighted by Crippen LogP contribution is 2.33. The molecule has 0 fully saturated rings. The van der Waals surface area contributed by atoms with Crippen LogP contribution in [0.25, 0.3) is 0 Å². The maximum atomic E-state index is 12.9. The normalized spacial score (nSPS) is 20.5. The molecule has 0 unspecified atom stereocenters. The van der Waals surface area contributed by atoms with Crippen molar-refractivity contribution in [1.29, 1.82) is 0 Å². The molecule has 1 aromatic rings. The number of aromatic hydroxyl groups is 1. The lowest BCUT2D eigenvalue weighted by Gasteiger charge is -2.22. The number of esters is 1. The van der Waals surface area contributed by atoms with Crippen LogP contribution in [0.1, 0.15) is 62.4 Å². The maximum absolute atomic E-state index is 12.9. The number of hydroxylamine groups is 1. The fourth-order valence-corrected chi connectivity index (χ4v) is 3.33. The first-order valence-corrected chi connectivity index (χ1v) is 10.8. The summed E-state index contributed by atoms with van der Waals surface area (Å²) in [7, 11) is 0. The van der Waals surface area contributed by atoms with Crippen molar-refractivity contribution < 1.29 is 43.4 Å². The van der Waals surface area contributed by atoms with Crippen molar-refractivity contribution in [1.82, 2.24) is 5.48 Å². The topological polar surface area (TPSA) is 145 Å². The number of phenolic OH excluding ortho intramolecular Hbond substituents is 1. The average Bonchev–Trinajstić information content (AvgIpc) is 2.76. The first kappa shape index (κ1) is 26.0. The number of Topliss-reactive ketones (excluding diaryl/α,β-unsaturated/α-hetero) is 3. The number of hydrogen-bond donors (Lipinski definition) is 2. The van der Waals surface area contributed by atoms with E-state index in [2.05, 4.69) is 10.3 Å². The molecule has 2 N–H and O–H groups in total. The molecule has 0 saturated heterocycles. The SMILES string of the molecule is CC(=O)ONCCOc1ccc(O)c2c1CCCC(=O)C(=O)C(=O)CC[C@@H](C)[C@H](C)OC2=O. The largest absolute Gasteiger partial charge is 0.507 e. The third-order valence-corrected chi connectivity index (χ3v) is 5.39. The molecule has 1 aliphatic rings. The second-order valence-electron chi connectivity index (χ2n) is 7.93. The first-order valence-electron chi connectivity index (χ1n) is 10.8. The fraction of sp³-hybridized carbons (Fsp3) is 0.522. The summed E-state index contributed by atoms with van der Waals surface area (Å²) in [6, 6.07) is 2.78. The van der Waals surface area contributed by atoms with Gasteiger partial charge in [-0.05, 0) is 44.2 Å². The van der Waals surface area contributed by atoms with E-state index in [9.17, 15) is 29.1 Å². The quantitative estimate of drug-likeness (QED) is 0.287. The van der Waals surface area contributed by atoms with E-state index in [1.165, 1.54) is 19.1 Å². The van der Waals surface area contributed by atoms with Crippen molar-refractivity contribution >= 4 is 29.3 Å². The number of carbonyl (C=O) groups excluding carboxylic acids is 5. The van der Waals surface area contributed by atoms with E-state index in [0.29, 0.717) is 5.56 Å². The summed E-state index contributed by atoms with van der Waals surface area (Å²) in [6.07, 6.45) is -0.367. The van der Waals surface area contributed by atoms with Crippen molar-refractivity contribution in [3.05, 3.63) is 23.3 Å². The number of carbonyl (C=O) groups is 5. The minimum atomic E-state index is -1.02. The van der Waals surface area contributed by atoms with Crippen LogP contribution in [0.3, 0.4) is 0 Å². The molecule has 0 spiro atoms. The summed E-state index contributed by atoms with van der Waals surface area (Å²) < 4.78 is 11.2. The van der Waals surface area contributed by atoms with Gasteiger partial charge in [-0.3, -0.25) is 19.2 Å². The van der Waals surface area contributed by atoms with Crippen molar-refractivity contribution in [2.24, 2.45) is 5.92 Å². The lowest BCUT2D eigenvalue weighted by Crippen LogP contribution is -2.28. The van der Waals surface area contributed by atoms with Gasteiger partial charge in [0.15, 0.2) is 0 Å². The van der Waals surface area contributed by atoms with Crippen LogP contribution in [-0.4, -0.2) is 53.7 Å². The highest BCUT2D eigenvalue weighted by molar-refractivity contribution is 6.63. The molecule has 2 atom stereocenters. The second-order valence-corrected chi connectivity index (χ2v) is 7.93. The predicted octanol–water partition coefficient (Wildman–Crippen LogP) is 1.84. The number of ether oxygens (including phenoxy) is 2. The molecule has 180 valence electrons. The van der Waals surface area contributed by atoms with Crippen LogP contribution in [0.5, 0.6) is 11.5 Å². The molecule has 1 aromatic carbocycles. The van der Waals surface area contributed by atoms with Gasteiger partial charge >= 0.3 is 11.9 Å². The number of fused-ring (bicyclic) bond motifs is 1. The number of phenols is 1. The summed E-state index contributed by atoms with van der Waals surface area (Å²) in [6.45, 7) is 4.88. The van der Waals surface area contributed by atoms with Crippen molar-refractivity contribution in [2.75, 3.05) is 13.2 Å². The number of ketones is 3. The van der Waals surface area contributed by atoms with Crippen molar-refractivity contribution in [3.63, 3.8) is 0 Å². The van der Waals surface area contributed by atoms with Gasteiger partial charge in [0.05, 0.1) is 6.54 Å². The molecule has 0 aromatic heterocycles. The van der Waals surface area contributed by atoms with Crippen molar-refractivity contribution in [2.45, 2.75) is 59.0 Å². The zero-order valence-electron chi connectivity index (χ0n) is 19.0. The molecule has 10 heteroatoms. The van der Waals surface area contributed by atoms with Gasteiger partial charge in [-0.25, -0.2) is 4.79 Å². The van der Waals surface area contributed by atoms with Crippen LogP contribution in [0.2, 0.25) is 0 Å². The molecule has 1 aliphatic heterocycles. The summed E-state index contributed by atoms with van der Waals surface area (Å²) in [4.78, 5) is 64.7. The number of hydrogen-bond acceptors (Lipinski definition) is 10. The Morgan fingerprint density at radius 3 is 2.52 bits per heavy atom. The molecule has 1 heterocycles. The van der Waals surface area contributed by atoms with Crippen LogP contribution >= 0.6 is 0 Å². The third-order valence-electron chi connectivity index (χ3n) is 5.39. The molecule has 0 amide bonds. The van der Waals surface area contributed by atoms with Crippen LogP contribution < -0.4 is 10.2 Å². The lowest BCUT2D eigenvalue weighted by atomic mass is 9.94. The smallest absolute Gasteiger partial charge is 0.342 e. The summed E-state index contributed by atoms with van der Waals surface area (Å²) in [5.74, 6) is -4.11. The average molecular weight is 463 g/mol. The van der Waals surface area contributed by atoms with Crippen molar-refractivity contribution in [3.8, 4) is 11.5 Å². The number of cyclic esters (lactones) is 1. The third kappa shape index (κ3) is 7.38. The Kier molecular flexibility index (Phi) is 9.53. The van der Waals surface area contributed by atoms with Crippen LogP contribution in [0, 0.1) is 5.92 Å². The summed E-state index contributed by atoms with van der Waals surface area (Å²) >= 11 is 0. The fourth-order valence-electron chi connectivity index (χ4n) is 3.33. The zero-order chi connectivity index (χ0) is 24.5. The van der Waals surface area contributed by atoms with E-state index in [1.807, 2.05) is 0 Å². The van der Waals surface area contributed by atoms with Crippen LogP contribution in [-0.2, 0) is 35.2 Å². The number of benzene rings is 1. The van der Waals surface area contributed by atoms with E-state index in [-0.39, 0.29) is 68.2 Å².